The van der Waals surface area contributed by atoms with Crippen LogP contribution in [-0.4, -0.2) is 94.3 Å². The number of hydrogen-bond acceptors (Lipinski definition) is 12. The Morgan fingerprint density at radius 1 is 0.442 bits per heavy atom. The van der Waals surface area contributed by atoms with Crippen molar-refractivity contribution in [3.8, 4) is 11.5 Å². The Balaban J connectivity index is 0.000000144. The van der Waals surface area contributed by atoms with Gasteiger partial charge in [0.2, 0.25) is 0 Å². The lowest BCUT2D eigenvalue weighted by Gasteiger charge is -2.52. The molecule has 5 aromatic carbocycles. The Bertz CT molecular complexity index is 4510. The molecule has 17 aliphatic rings. The van der Waals surface area contributed by atoms with Gasteiger partial charge in [-0.05, 0) is 343 Å². The van der Waals surface area contributed by atoms with Gasteiger partial charge in [-0.15, -0.1) is 24.0 Å². The molecule has 0 aromatic heterocycles. The van der Waals surface area contributed by atoms with E-state index in [9.17, 15) is 34.8 Å². The molecule has 15 aliphatic carbocycles. The largest absolute Gasteiger partial charge is 0.508 e. The molecule has 5 aromatic rings. The molecule has 0 amide bonds. The summed E-state index contributed by atoms with van der Waals surface area (Å²) in [6.07, 6.45) is 33.4. The van der Waals surface area contributed by atoms with E-state index in [1.807, 2.05) is 44.2 Å². The summed E-state index contributed by atoms with van der Waals surface area (Å²) in [6, 6.07) is 32.7. The summed E-state index contributed by atoms with van der Waals surface area (Å²) in [5.41, 5.74) is 18.8. The maximum Gasteiger partial charge on any atom is 0.303 e. The standard InChI is InChI=1S/C21H28O4.C21H28O2.C20H24O3.C19H22O.C18H22O2.C2H6.4CH4.I2.HI/c1-11-4-6-14-13(10-11)5-7-16-15(14)8-9-21(3)17(16)18(23)19(24)20(21)25-12(2)22;1-14-3-5-16-15(13-14)4-6-18-17(16)7-9-20(2)19(18)8-10-21(20)22-11-12-23-21;1-19-8-6-16-15-5-3-14(21)12-13(15)2-4-17(16)18(19)7-9-20(19)22-10-11-23-20;1-12-3-5-14-13(11-12)4-6-16-15(14)9-10-19(2)17(16)7-8-18(19)20;1-18-9-8-14-13-5-3-12(19)10-11(13)2-4-15(14)16(18)6-7-17(18)20;1-2;;;;;1-2;/h4,6,10,15-20,23-24H,5,7-9H2,1-3H3;3,5,13,17-19H,4,6-12H2,1-2H3;3,5,7,9,12,16-18,21H,2,4,6,8,10-11H2,1H3;3,5,7-8,11,15-17H,4,6,9-10H2,1-2H3;3,5,10,14-16,19H,2,4,6-9H2,1H3;1-2H3;4*1H4;;1H/t15?,16?,17?,18-,19-,20+,21+;17?,18?,19?,20-;16?,17?,18?,19-;15?,16?,17?,19-;14?,15?,16?,18-;;;;;;;/m10000......./s1. The van der Waals surface area contributed by atoms with Crippen LogP contribution in [0.4, 0.5) is 0 Å². The minimum absolute atomic E-state index is 0. The average Bonchev–Trinajstić information content (AvgIpc) is 1.53. The van der Waals surface area contributed by atoms with Crippen LogP contribution < -0.4 is 0 Å². The van der Waals surface area contributed by atoms with Gasteiger partial charge >= 0.3 is 5.97 Å². The van der Waals surface area contributed by atoms with Crippen LogP contribution in [0.25, 0.3) is 0 Å². The fourth-order valence-corrected chi connectivity index (χ4v) is 28.9. The lowest BCUT2D eigenvalue weighted by atomic mass is 9.54. The summed E-state index contributed by atoms with van der Waals surface area (Å²) in [5.74, 6) is 9.17. The van der Waals surface area contributed by atoms with Crippen LogP contribution in [0.3, 0.4) is 0 Å². The van der Waals surface area contributed by atoms with E-state index in [4.69, 9.17) is 23.7 Å². The number of aliphatic hydroxyl groups excluding tert-OH is 2. The van der Waals surface area contributed by atoms with Gasteiger partial charge in [0.25, 0.3) is 0 Å². The van der Waals surface area contributed by atoms with Crippen LogP contribution in [0, 0.1) is 107 Å². The Labute approximate surface area is 762 Å². The zero-order chi connectivity index (χ0) is 81.1. The number of ether oxygens (including phenoxy) is 5. The molecule has 12 nitrogen and oxygen atoms in total. The molecule has 8 saturated carbocycles. The quantitative estimate of drug-likeness (QED) is 0.0710. The molecule has 2 saturated heterocycles. The fourth-order valence-electron chi connectivity index (χ4n) is 28.9. The minimum atomic E-state index is -0.989. The number of phenolic OH excluding ortho intramolecular Hbond substituents is 2. The number of allylic oxidation sites excluding steroid dienone is 3. The highest BCUT2D eigenvalue weighted by Gasteiger charge is 2.68. The van der Waals surface area contributed by atoms with Gasteiger partial charge in [-0.3, -0.25) is 14.4 Å². The number of fused-ring (bicyclic) bond motifs is 27. The summed E-state index contributed by atoms with van der Waals surface area (Å²) < 4.78 is 30.1. The van der Waals surface area contributed by atoms with Gasteiger partial charge in [0.15, 0.2) is 17.4 Å². The molecule has 15 unspecified atom stereocenters. The van der Waals surface area contributed by atoms with E-state index in [2.05, 4.69) is 178 Å². The fraction of sp³-hybridized carbons (Fsp3) is 0.648. The molecule has 120 heavy (non-hydrogen) atoms. The average molecular weight is 1980 g/mol. The second-order valence-corrected chi connectivity index (χ2v) is 39.5. The number of halogens is 3. The predicted octanol–water partition coefficient (Wildman–Crippen LogP) is 25.1. The summed E-state index contributed by atoms with van der Waals surface area (Å²) >= 11 is 4.24. The first-order chi connectivity index (χ1) is 55.3. The number of benzene rings is 5. The van der Waals surface area contributed by atoms with E-state index in [1.54, 1.807) is 22.3 Å². The molecule has 0 bridgehead atoms. The van der Waals surface area contributed by atoms with E-state index in [0.717, 1.165) is 114 Å². The first kappa shape index (κ1) is 96.6. The molecule has 22 rings (SSSR count). The van der Waals surface area contributed by atoms with Gasteiger partial charge < -0.3 is 44.1 Å². The molecule has 0 radical (unpaired) electrons. The third-order valence-corrected chi connectivity index (χ3v) is 34.4. The van der Waals surface area contributed by atoms with Crippen molar-refractivity contribution >= 4 is 78.7 Å². The SMILES string of the molecule is C.C.C.C.CC.CC(=O)O[C@H]1[C@H](O)[C@H](O)C2C3CCc4cc(C)ccc4C3CC[C@@]21C.C[C@]12CCC3c4ccc(O)cc4CCC3C1C=CC21OCCO1.C[C@]12CCC3c4ccc(O)cc4CCC3C1CCC2=O.Cc1ccc2c(c1)CCC1C2CC[C@@]2(C)C1CCC21OCCO1.Cc1ccc2c(c1)CCC1C2CC[C@]2(C)C(=O)C=CC12.I.II. The number of aliphatic hydroxyl groups is 2. The first-order valence-electron chi connectivity index (χ1n) is 44.9. The molecule has 4 N–H and O–H groups in total. The van der Waals surface area contributed by atoms with Crippen molar-refractivity contribution in [2.75, 3.05) is 26.4 Å². The Hall–Kier alpha value is -4.06. The number of phenols is 2. The Morgan fingerprint density at radius 3 is 1.36 bits per heavy atom. The van der Waals surface area contributed by atoms with Gasteiger partial charge in [0, 0.05) is 84.1 Å². The zero-order valence-corrected chi connectivity index (χ0v) is 77.5. The van der Waals surface area contributed by atoms with E-state index in [0.29, 0.717) is 101 Å². The molecule has 15 heteroatoms. The molecule has 23 atom stereocenters. The van der Waals surface area contributed by atoms with E-state index >= 15 is 0 Å². The number of hydrogen-bond donors (Lipinski definition) is 4. The van der Waals surface area contributed by atoms with E-state index in [-0.39, 0.29) is 98.4 Å². The molecule has 2 aliphatic heterocycles. The number of rotatable bonds is 1. The van der Waals surface area contributed by atoms with Crippen LogP contribution in [0.2, 0.25) is 0 Å². The highest BCUT2D eigenvalue weighted by molar-refractivity contribution is 15.0. The van der Waals surface area contributed by atoms with Crippen molar-refractivity contribution in [1.29, 1.82) is 0 Å². The number of ketones is 2. The van der Waals surface area contributed by atoms with Gasteiger partial charge in [0.05, 0.1) is 32.5 Å². The highest BCUT2D eigenvalue weighted by atomic mass is 128. The van der Waals surface area contributed by atoms with Crippen molar-refractivity contribution in [3.63, 3.8) is 0 Å². The van der Waals surface area contributed by atoms with Crippen LogP contribution >= 0.6 is 61.2 Å². The number of aryl methyl sites for hydroxylation is 8. The van der Waals surface area contributed by atoms with Crippen LogP contribution in [0.5, 0.6) is 11.5 Å². The van der Waals surface area contributed by atoms with Crippen LogP contribution in [0.15, 0.2) is 115 Å². The second-order valence-electron chi connectivity index (χ2n) is 39.5. The van der Waals surface area contributed by atoms with Gasteiger partial charge in [-0.1, -0.05) is 174 Å². The maximum absolute atomic E-state index is 12.3. The molecule has 10 fully saturated rings. The summed E-state index contributed by atoms with van der Waals surface area (Å²) in [4.78, 5) is 36.0. The highest BCUT2D eigenvalue weighted by Crippen LogP contribution is 2.69. The number of carbonyl (C=O) groups excluding carboxylic acids is 3. The topological polar surface area (TPSA) is 178 Å². The van der Waals surface area contributed by atoms with Crippen molar-refractivity contribution in [1.82, 2.24) is 0 Å². The molecular formula is C105H147I3O12. The summed E-state index contributed by atoms with van der Waals surface area (Å²) in [5, 5.41) is 40.9. The number of aromatic hydroxyl groups is 2. The first-order valence-corrected chi connectivity index (χ1v) is 51.2. The predicted molar refractivity (Wildman–Crippen MR) is 512 cm³/mol. The van der Waals surface area contributed by atoms with Crippen LogP contribution in [0.1, 0.15) is 309 Å². The number of Topliss-reactive ketones (excluding diaryl/α,β-unsaturated/α-hetero) is 1. The molecule has 2 heterocycles. The lowest BCUT2D eigenvalue weighted by Crippen LogP contribution is -2.52. The van der Waals surface area contributed by atoms with E-state index < -0.39 is 24.1 Å². The minimum Gasteiger partial charge on any atom is -0.508 e. The van der Waals surface area contributed by atoms with Crippen molar-refractivity contribution < 1.29 is 58.5 Å². The molecular weight excluding hydrogens is 1830 g/mol. The Morgan fingerprint density at radius 2 is 0.850 bits per heavy atom. The van der Waals surface area contributed by atoms with Crippen LogP contribution in [-0.2, 0) is 70.2 Å². The summed E-state index contributed by atoms with van der Waals surface area (Å²) in [7, 11) is 0. The third kappa shape index (κ3) is 16.4. The monoisotopic (exact) mass is 1980 g/mol. The number of carbonyl (C=O) groups is 3. The maximum atomic E-state index is 12.3. The van der Waals surface area contributed by atoms with Gasteiger partial charge in [-0.25, -0.2) is 0 Å². The van der Waals surface area contributed by atoms with Crippen molar-refractivity contribution in [2.45, 2.75) is 319 Å². The summed E-state index contributed by atoms with van der Waals surface area (Å²) in [6.45, 7) is 26.3. The normalized spacial score (nSPS) is 37.3. The Kier molecular flexibility index (Phi) is 30.6. The smallest absolute Gasteiger partial charge is 0.303 e. The number of esters is 1. The van der Waals surface area contributed by atoms with E-state index in [1.165, 1.54) is 128 Å². The van der Waals surface area contributed by atoms with Crippen molar-refractivity contribution in [2.24, 2.45) is 86.3 Å². The van der Waals surface area contributed by atoms with Gasteiger partial charge in [-0.2, -0.15) is 0 Å². The molecule has 660 valence electrons. The van der Waals surface area contributed by atoms with Crippen molar-refractivity contribution in [3.05, 3.63) is 188 Å². The molecule has 2 spiro atoms. The third-order valence-electron chi connectivity index (χ3n) is 34.4. The zero-order valence-electron chi connectivity index (χ0n) is 70.9. The van der Waals surface area contributed by atoms with Gasteiger partial charge in [0.1, 0.15) is 29.5 Å². The second kappa shape index (κ2) is 38.1. The lowest BCUT2D eigenvalue weighted by molar-refractivity contribution is -0.237.